The number of hydrogen-bond donors (Lipinski definition) is 2. The second kappa shape index (κ2) is 4.51. The zero-order chi connectivity index (χ0) is 11.6. The fourth-order valence-corrected chi connectivity index (χ4v) is 1.79. The molecular formula is C10H18ClN3O. The van der Waals surface area contributed by atoms with Gasteiger partial charge in [-0.15, -0.1) is 0 Å². The highest BCUT2D eigenvalue weighted by Crippen LogP contribution is 2.25. The van der Waals surface area contributed by atoms with Gasteiger partial charge in [-0.3, -0.25) is 4.68 Å². The molecule has 0 aliphatic heterocycles. The van der Waals surface area contributed by atoms with E-state index in [-0.39, 0.29) is 6.54 Å². The van der Waals surface area contributed by atoms with Crippen LogP contribution in [0.4, 0.5) is 0 Å². The first-order valence-corrected chi connectivity index (χ1v) is 5.41. The van der Waals surface area contributed by atoms with E-state index in [4.69, 9.17) is 17.3 Å². The Morgan fingerprint density at radius 2 is 2.20 bits per heavy atom. The van der Waals surface area contributed by atoms with Crippen molar-refractivity contribution in [2.24, 2.45) is 12.8 Å². The van der Waals surface area contributed by atoms with Crippen LogP contribution in [0.25, 0.3) is 0 Å². The van der Waals surface area contributed by atoms with Crippen molar-refractivity contribution < 1.29 is 5.11 Å². The molecule has 0 radical (unpaired) electrons. The first-order valence-electron chi connectivity index (χ1n) is 5.04. The average Bonchev–Trinajstić information content (AvgIpc) is 2.45. The molecule has 1 heterocycles. The molecule has 0 saturated heterocycles. The third-order valence-corrected chi connectivity index (χ3v) is 3.29. The van der Waals surface area contributed by atoms with Gasteiger partial charge in [-0.05, 0) is 13.3 Å². The molecule has 0 fully saturated rings. The van der Waals surface area contributed by atoms with Crippen LogP contribution in [0, 0.1) is 6.92 Å². The van der Waals surface area contributed by atoms with Crippen molar-refractivity contribution in [3.63, 3.8) is 0 Å². The van der Waals surface area contributed by atoms with Crippen molar-refractivity contribution in [3.8, 4) is 0 Å². The van der Waals surface area contributed by atoms with Gasteiger partial charge < -0.3 is 10.8 Å². The molecule has 0 aromatic carbocycles. The highest BCUT2D eigenvalue weighted by molar-refractivity contribution is 6.30. The van der Waals surface area contributed by atoms with Gasteiger partial charge in [-0.25, -0.2) is 0 Å². The van der Waals surface area contributed by atoms with E-state index in [0.717, 1.165) is 11.3 Å². The molecule has 0 bridgehead atoms. The quantitative estimate of drug-likeness (QED) is 0.814. The molecule has 0 spiro atoms. The third-order valence-electron chi connectivity index (χ3n) is 2.81. The van der Waals surface area contributed by atoms with E-state index in [9.17, 15) is 5.11 Å². The molecule has 1 rings (SSSR count). The molecule has 1 aromatic rings. The van der Waals surface area contributed by atoms with Crippen LogP contribution in [0.3, 0.4) is 0 Å². The van der Waals surface area contributed by atoms with Crippen molar-refractivity contribution in [2.75, 3.05) is 6.54 Å². The molecule has 3 N–H and O–H groups in total. The lowest BCUT2D eigenvalue weighted by molar-refractivity contribution is 0.0455. The standard InChI is InChI=1S/C10H18ClN3O/c1-4-10(15,6-12)5-8-7(2)13-14(3)9(8)11/h15H,4-6,12H2,1-3H3. The monoisotopic (exact) mass is 231 g/mol. The van der Waals surface area contributed by atoms with Gasteiger partial charge in [0.25, 0.3) is 0 Å². The summed E-state index contributed by atoms with van der Waals surface area (Å²) in [5.74, 6) is 0. The number of rotatable bonds is 4. The van der Waals surface area contributed by atoms with Gasteiger partial charge in [-0.1, -0.05) is 18.5 Å². The van der Waals surface area contributed by atoms with Crippen LogP contribution in [0.5, 0.6) is 0 Å². The second-order valence-corrected chi connectivity index (χ2v) is 4.30. The smallest absolute Gasteiger partial charge is 0.130 e. The van der Waals surface area contributed by atoms with E-state index in [2.05, 4.69) is 5.10 Å². The summed E-state index contributed by atoms with van der Waals surface area (Å²) in [5, 5.41) is 14.9. The number of hydrogen-bond acceptors (Lipinski definition) is 3. The van der Waals surface area contributed by atoms with Crippen molar-refractivity contribution >= 4 is 11.6 Å². The lowest BCUT2D eigenvalue weighted by Gasteiger charge is -2.24. The summed E-state index contributed by atoms with van der Waals surface area (Å²) < 4.78 is 1.61. The van der Waals surface area contributed by atoms with Gasteiger partial charge >= 0.3 is 0 Å². The number of aromatic nitrogens is 2. The summed E-state index contributed by atoms with van der Waals surface area (Å²) in [6.45, 7) is 4.02. The maximum absolute atomic E-state index is 10.1. The molecule has 15 heavy (non-hydrogen) atoms. The number of nitrogens with two attached hydrogens (primary N) is 1. The molecule has 0 aliphatic carbocycles. The highest BCUT2D eigenvalue weighted by Gasteiger charge is 2.26. The second-order valence-electron chi connectivity index (χ2n) is 3.94. The minimum absolute atomic E-state index is 0.230. The Morgan fingerprint density at radius 3 is 2.53 bits per heavy atom. The van der Waals surface area contributed by atoms with Crippen LogP contribution in [-0.4, -0.2) is 27.0 Å². The Morgan fingerprint density at radius 1 is 1.60 bits per heavy atom. The van der Waals surface area contributed by atoms with Crippen LogP contribution in [0.15, 0.2) is 0 Å². The average molecular weight is 232 g/mol. The van der Waals surface area contributed by atoms with Crippen molar-refractivity contribution in [3.05, 3.63) is 16.4 Å². The van der Waals surface area contributed by atoms with Gasteiger partial charge in [0.15, 0.2) is 0 Å². The van der Waals surface area contributed by atoms with Crippen LogP contribution < -0.4 is 5.73 Å². The van der Waals surface area contributed by atoms with Gasteiger partial charge in [-0.2, -0.15) is 5.10 Å². The summed E-state index contributed by atoms with van der Waals surface area (Å²) in [6, 6.07) is 0. The summed E-state index contributed by atoms with van der Waals surface area (Å²) in [7, 11) is 1.78. The van der Waals surface area contributed by atoms with Crippen molar-refractivity contribution in [2.45, 2.75) is 32.3 Å². The first-order chi connectivity index (χ1) is 6.93. The largest absolute Gasteiger partial charge is 0.388 e. The van der Waals surface area contributed by atoms with Crippen LogP contribution in [0.2, 0.25) is 5.15 Å². The first kappa shape index (κ1) is 12.5. The van der Waals surface area contributed by atoms with Crippen molar-refractivity contribution in [1.82, 2.24) is 9.78 Å². The zero-order valence-corrected chi connectivity index (χ0v) is 10.2. The van der Waals surface area contributed by atoms with Gasteiger partial charge in [0.05, 0.1) is 11.3 Å². The summed E-state index contributed by atoms with van der Waals surface area (Å²) in [4.78, 5) is 0. The van der Waals surface area contributed by atoms with E-state index in [1.165, 1.54) is 0 Å². The molecule has 1 unspecified atom stereocenters. The maximum atomic E-state index is 10.1. The predicted molar refractivity (Wildman–Crippen MR) is 61.0 cm³/mol. The SMILES string of the molecule is CCC(O)(CN)Cc1c(C)nn(C)c1Cl. The molecular weight excluding hydrogens is 214 g/mol. The van der Waals surface area contributed by atoms with Crippen LogP contribution >= 0.6 is 11.6 Å². The molecule has 0 saturated carbocycles. The molecule has 86 valence electrons. The fraction of sp³-hybridized carbons (Fsp3) is 0.700. The summed E-state index contributed by atoms with van der Waals surface area (Å²) in [6.07, 6.45) is 1.06. The van der Waals surface area contributed by atoms with E-state index >= 15 is 0 Å². The molecule has 4 nitrogen and oxygen atoms in total. The molecule has 1 aromatic heterocycles. The fourth-order valence-electron chi connectivity index (χ4n) is 1.55. The van der Waals surface area contributed by atoms with Gasteiger partial charge in [0.1, 0.15) is 5.15 Å². The van der Waals surface area contributed by atoms with Crippen LogP contribution in [0.1, 0.15) is 24.6 Å². The Hall–Kier alpha value is -0.580. The van der Waals surface area contributed by atoms with E-state index in [0.29, 0.717) is 18.0 Å². The van der Waals surface area contributed by atoms with Gasteiger partial charge in [0, 0.05) is 25.6 Å². The normalized spacial score (nSPS) is 15.3. The molecule has 0 amide bonds. The molecule has 5 heteroatoms. The van der Waals surface area contributed by atoms with E-state index in [1.807, 2.05) is 13.8 Å². The Kier molecular flexibility index (Phi) is 3.76. The number of aliphatic hydroxyl groups is 1. The number of nitrogens with zero attached hydrogens (tertiary/aromatic N) is 2. The lowest BCUT2D eigenvalue weighted by atomic mass is 9.92. The Balaban J connectivity index is 2.98. The molecule has 1 atom stereocenters. The van der Waals surface area contributed by atoms with Crippen LogP contribution in [-0.2, 0) is 13.5 Å². The predicted octanol–water partition coefficient (Wildman–Crippen LogP) is 1.02. The summed E-state index contributed by atoms with van der Waals surface area (Å²) in [5.41, 5.74) is 6.41. The van der Waals surface area contributed by atoms with E-state index in [1.54, 1.807) is 11.7 Å². The maximum Gasteiger partial charge on any atom is 0.130 e. The van der Waals surface area contributed by atoms with E-state index < -0.39 is 5.60 Å². The Bertz CT molecular complexity index is 345. The Labute approximate surface area is 95.0 Å². The van der Waals surface area contributed by atoms with Gasteiger partial charge in [0.2, 0.25) is 0 Å². The number of aryl methyl sites for hydroxylation is 2. The minimum atomic E-state index is -0.878. The zero-order valence-electron chi connectivity index (χ0n) is 9.42. The third kappa shape index (κ3) is 2.51. The minimum Gasteiger partial charge on any atom is -0.388 e. The highest BCUT2D eigenvalue weighted by atomic mass is 35.5. The summed E-state index contributed by atoms with van der Waals surface area (Å²) >= 11 is 6.08. The number of halogens is 1. The lowest BCUT2D eigenvalue weighted by Crippen LogP contribution is -2.39. The van der Waals surface area contributed by atoms with Crippen molar-refractivity contribution in [1.29, 1.82) is 0 Å². The topological polar surface area (TPSA) is 64.1 Å². The molecule has 0 aliphatic rings.